The summed E-state index contributed by atoms with van der Waals surface area (Å²) in [6.07, 6.45) is 0. The van der Waals surface area contributed by atoms with Crippen LogP contribution in [0.2, 0.25) is 0 Å². The van der Waals surface area contributed by atoms with E-state index < -0.39 is 6.04 Å². The summed E-state index contributed by atoms with van der Waals surface area (Å²) in [4.78, 5) is 22.3. The number of hydrogen-bond donors (Lipinski definition) is 0. The van der Waals surface area contributed by atoms with Crippen LogP contribution in [0, 0.1) is 4.91 Å². The van der Waals surface area contributed by atoms with Gasteiger partial charge in [-0.2, -0.15) is 4.91 Å². The monoisotopic (exact) mass is 213 g/mol. The molecule has 0 radical (unpaired) electrons. The molecule has 0 spiro atoms. The summed E-state index contributed by atoms with van der Waals surface area (Å²) in [7, 11) is 0. The number of nitrogens with zero attached hydrogens (tertiary/aromatic N) is 1. The van der Waals surface area contributed by atoms with Crippen LogP contribution in [-0.4, -0.2) is 11.8 Å². The average molecular weight is 213 g/mol. The third-order valence-corrected chi connectivity index (χ3v) is 2.59. The molecule has 2 aromatic rings. The van der Waals surface area contributed by atoms with Gasteiger partial charge in [0.1, 0.15) is 0 Å². The lowest BCUT2D eigenvalue weighted by Gasteiger charge is -2.06. The topological polar surface area (TPSA) is 46.5 Å². The highest BCUT2D eigenvalue weighted by molar-refractivity contribution is 6.10. The third-order valence-electron chi connectivity index (χ3n) is 2.59. The van der Waals surface area contributed by atoms with Crippen LogP contribution in [-0.2, 0) is 0 Å². The van der Waals surface area contributed by atoms with E-state index in [0.717, 1.165) is 10.8 Å². The van der Waals surface area contributed by atoms with Crippen LogP contribution in [0.4, 0.5) is 0 Å². The van der Waals surface area contributed by atoms with E-state index in [-0.39, 0.29) is 5.78 Å². The molecule has 0 aromatic heterocycles. The van der Waals surface area contributed by atoms with Crippen molar-refractivity contribution in [3.63, 3.8) is 0 Å². The Bertz CT molecular complexity index is 543. The first-order valence-corrected chi connectivity index (χ1v) is 5.08. The normalized spacial score (nSPS) is 12.3. The van der Waals surface area contributed by atoms with Crippen LogP contribution in [0.5, 0.6) is 0 Å². The summed E-state index contributed by atoms with van der Waals surface area (Å²) in [5.74, 6) is -0.230. The maximum atomic E-state index is 11.9. The van der Waals surface area contributed by atoms with Crippen molar-refractivity contribution in [2.45, 2.75) is 13.0 Å². The molecule has 1 atom stereocenters. The van der Waals surface area contributed by atoms with Crippen molar-refractivity contribution >= 4 is 16.6 Å². The van der Waals surface area contributed by atoms with Gasteiger partial charge < -0.3 is 0 Å². The SMILES string of the molecule is CC(N=O)C(=O)c1cccc2ccccc12. The fourth-order valence-electron chi connectivity index (χ4n) is 1.71. The predicted octanol–water partition coefficient (Wildman–Crippen LogP) is 3.18. The summed E-state index contributed by atoms with van der Waals surface area (Å²) in [5.41, 5.74) is 0.560. The number of hydrogen-bond acceptors (Lipinski definition) is 3. The van der Waals surface area contributed by atoms with Crippen molar-refractivity contribution in [1.29, 1.82) is 0 Å². The van der Waals surface area contributed by atoms with Gasteiger partial charge in [0.05, 0.1) is 0 Å². The van der Waals surface area contributed by atoms with Crippen molar-refractivity contribution in [1.82, 2.24) is 0 Å². The summed E-state index contributed by atoms with van der Waals surface area (Å²) in [5, 5.41) is 4.63. The minimum atomic E-state index is -0.828. The molecule has 1 unspecified atom stereocenters. The van der Waals surface area contributed by atoms with Gasteiger partial charge in [-0.3, -0.25) is 4.79 Å². The van der Waals surface area contributed by atoms with Crippen LogP contribution < -0.4 is 0 Å². The first-order chi connectivity index (χ1) is 7.74. The standard InChI is InChI=1S/C13H11NO2/c1-9(14-16)13(15)12-8-4-6-10-5-2-3-7-11(10)12/h2-9H,1H3. The Labute approximate surface area is 93.1 Å². The van der Waals surface area contributed by atoms with E-state index >= 15 is 0 Å². The Morgan fingerprint density at radius 3 is 2.56 bits per heavy atom. The maximum absolute atomic E-state index is 11.9. The summed E-state index contributed by atoms with van der Waals surface area (Å²) >= 11 is 0. The lowest BCUT2D eigenvalue weighted by Crippen LogP contribution is -2.14. The van der Waals surface area contributed by atoms with Gasteiger partial charge in [-0.15, -0.1) is 0 Å². The first kappa shape index (κ1) is 10.5. The van der Waals surface area contributed by atoms with Crippen LogP contribution in [0.3, 0.4) is 0 Å². The minimum Gasteiger partial charge on any atom is -0.292 e. The second-order valence-electron chi connectivity index (χ2n) is 3.67. The fraction of sp³-hybridized carbons (Fsp3) is 0.154. The van der Waals surface area contributed by atoms with Crippen molar-refractivity contribution in [3.8, 4) is 0 Å². The zero-order valence-electron chi connectivity index (χ0n) is 8.88. The smallest absolute Gasteiger partial charge is 0.191 e. The van der Waals surface area contributed by atoms with Crippen molar-refractivity contribution in [2.24, 2.45) is 5.18 Å². The molecule has 16 heavy (non-hydrogen) atoms. The second-order valence-corrected chi connectivity index (χ2v) is 3.67. The van der Waals surface area contributed by atoms with E-state index in [1.807, 2.05) is 36.4 Å². The Morgan fingerprint density at radius 2 is 1.81 bits per heavy atom. The van der Waals surface area contributed by atoms with E-state index in [2.05, 4.69) is 5.18 Å². The van der Waals surface area contributed by atoms with Crippen LogP contribution in [0.15, 0.2) is 47.6 Å². The van der Waals surface area contributed by atoms with Gasteiger partial charge in [-0.25, -0.2) is 0 Å². The first-order valence-electron chi connectivity index (χ1n) is 5.08. The van der Waals surface area contributed by atoms with E-state index in [1.54, 1.807) is 6.07 Å². The van der Waals surface area contributed by atoms with E-state index in [0.29, 0.717) is 5.56 Å². The van der Waals surface area contributed by atoms with E-state index in [9.17, 15) is 9.70 Å². The van der Waals surface area contributed by atoms with Crippen LogP contribution in [0.25, 0.3) is 10.8 Å². The number of ketones is 1. The molecule has 0 saturated heterocycles. The zero-order valence-corrected chi connectivity index (χ0v) is 8.88. The molecule has 0 aliphatic carbocycles. The third kappa shape index (κ3) is 1.72. The molecule has 0 bridgehead atoms. The van der Waals surface area contributed by atoms with E-state index in [4.69, 9.17) is 0 Å². The molecule has 2 rings (SSSR count). The van der Waals surface area contributed by atoms with Crippen LogP contribution >= 0.6 is 0 Å². The molecule has 0 saturated carbocycles. The molecule has 0 aliphatic rings. The molecule has 0 N–H and O–H groups in total. The van der Waals surface area contributed by atoms with Gasteiger partial charge in [0, 0.05) is 5.56 Å². The maximum Gasteiger partial charge on any atom is 0.191 e. The Morgan fingerprint density at radius 1 is 1.12 bits per heavy atom. The molecule has 3 nitrogen and oxygen atoms in total. The predicted molar refractivity (Wildman–Crippen MR) is 63.5 cm³/mol. The number of benzene rings is 2. The van der Waals surface area contributed by atoms with Gasteiger partial charge in [0.2, 0.25) is 0 Å². The quantitative estimate of drug-likeness (QED) is 0.580. The fourth-order valence-corrected chi connectivity index (χ4v) is 1.71. The number of carbonyl (C=O) groups excluding carboxylic acids is 1. The van der Waals surface area contributed by atoms with Gasteiger partial charge in [0.15, 0.2) is 11.8 Å². The number of Topliss-reactive ketones (excluding diaryl/α,β-unsaturated/α-hetero) is 1. The molecule has 0 amide bonds. The second kappa shape index (κ2) is 4.23. The van der Waals surface area contributed by atoms with Gasteiger partial charge >= 0.3 is 0 Å². The van der Waals surface area contributed by atoms with Gasteiger partial charge in [-0.05, 0) is 17.7 Å². The Hall–Kier alpha value is -2.03. The van der Waals surface area contributed by atoms with Gasteiger partial charge in [0.25, 0.3) is 0 Å². The molecular formula is C13H11NO2. The number of fused-ring (bicyclic) bond motifs is 1. The summed E-state index contributed by atoms with van der Waals surface area (Å²) < 4.78 is 0. The molecule has 0 heterocycles. The van der Waals surface area contributed by atoms with Gasteiger partial charge in [-0.1, -0.05) is 47.6 Å². The molecule has 80 valence electrons. The average Bonchev–Trinajstić information content (AvgIpc) is 2.36. The minimum absolute atomic E-state index is 0.230. The number of carbonyl (C=O) groups is 1. The molecule has 0 aliphatic heterocycles. The lowest BCUT2D eigenvalue weighted by molar-refractivity contribution is 0.0970. The van der Waals surface area contributed by atoms with Crippen molar-refractivity contribution in [3.05, 3.63) is 52.9 Å². The number of nitroso groups, excluding NO2 is 1. The van der Waals surface area contributed by atoms with Crippen molar-refractivity contribution < 1.29 is 4.79 Å². The van der Waals surface area contributed by atoms with E-state index in [1.165, 1.54) is 6.92 Å². The highest BCUT2D eigenvalue weighted by Gasteiger charge is 2.17. The number of rotatable bonds is 3. The summed E-state index contributed by atoms with van der Waals surface area (Å²) in [6.45, 7) is 1.51. The Balaban J connectivity index is 2.60. The molecule has 0 fully saturated rings. The zero-order chi connectivity index (χ0) is 11.5. The summed E-state index contributed by atoms with van der Waals surface area (Å²) in [6, 6.07) is 12.2. The molecular weight excluding hydrogens is 202 g/mol. The highest BCUT2D eigenvalue weighted by Crippen LogP contribution is 2.20. The van der Waals surface area contributed by atoms with Crippen LogP contribution in [0.1, 0.15) is 17.3 Å². The van der Waals surface area contributed by atoms with Crippen molar-refractivity contribution in [2.75, 3.05) is 0 Å². The lowest BCUT2D eigenvalue weighted by atomic mass is 9.99. The Kier molecular flexibility index (Phi) is 2.77. The molecule has 3 heteroatoms. The highest BCUT2D eigenvalue weighted by atomic mass is 16.3. The molecule has 2 aromatic carbocycles. The largest absolute Gasteiger partial charge is 0.292 e.